The maximum Gasteiger partial charge on any atom is 0.325 e. The predicted molar refractivity (Wildman–Crippen MR) is 152 cm³/mol. The highest BCUT2D eigenvalue weighted by atomic mass is 19.1. The van der Waals surface area contributed by atoms with E-state index in [1.807, 2.05) is 4.90 Å². The van der Waals surface area contributed by atoms with Crippen LogP contribution < -0.4 is 10.1 Å². The number of likely N-dealkylation sites (tertiary alicyclic amines) is 1. The van der Waals surface area contributed by atoms with Crippen molar-refractivity contribution < 1.29 is 28.2 Å². The van der Waals surface area contributed by atoms with Gasteiger partial charge in [-0.05, 0) is 80.3 Å². The number of benzene rings is 1. The Bertz CT molecular complexity index is 1330. The average molecular weight is 567 g/mol. The first kappa shape index (κ1) is 29.0. The number of anilines is 1. The SMILES string of the molecule is COc1c(F)cc(Cc2cnco2)cc1[C@H](C(=O)O)N1CC[C@@H](OCCCCCc2cc(C)c3c(n2)NCCC3)C1. The number of aromatic nitrogens is 2. The van der Waals surface area contributed by atoms with Gasteiger partial charge >= 0.3 is 5.97 Å². The van der Waals surface area contributed by atoms with E-state index in [2.05, 4.69) is 23.3 Å². The summed E-state index contributed by atoms with van der Waals surface area (Å²) in [6.45, 7) is 4.79. The molecule has 10 heteroatoms. The Morgan fingerprint density at radius 1 is 1.29 bits per heavy atom. The van der Waals surface area contributed by atoms with Gasteiger partial charge in [0.2, 0.25) is 0 Å². The summed E-state index contributed by atoms with van der Waals surface area (Å²) < 4.78 is 31.7. The minimum atomic E-state index is -1.05. The molecule has 1 saturated heterocycles. The van der Waals surface area contributed by atoms with Crippen LogP contribution in [0.25, 0.3) is 0 Å². The fraction of sp³-hybridized carbons (Fsp3) is 0.516. The molecule has 2 aromatic heterocycles. The molecule has 2 aliphatic heterocycles. The molecule has 220 valence electrons. The van der Waals surface area contributed by atoms with Gasteiger partial charge in [0.25, 0.3) is 0 Å². The van der Waals surface area contributed by atoms with Crippen LogP contribution in [0.4, 0.5) is 10.2 Å². The topological polar surface area (TPSA) is 110 Å². The highest BCUT2D eigenvalue weighted by Crippen LogP contribution is 2.36. The molecular weight excluding hydrogens is 527 g/mol. The molecular formula is C31H39FN4O5. The lowest BCUT2D eigenvalue weighted by atomic mass is 9.99. The van der Waals surface area contributed by atoms with Gasteiger partial charge < -0.3 is 24.3 Å². The van der Waals surface area contributed by atoms with Gasteiger partial charge in [-0.2, -0.15) is 0 Å². The summed E-state index contributed by atoms with van der Waals surface area (Å²) >= 11 is 0. The number of nitrogens with zero attached hydrogens (tertiary/aromatic N) is 3. The second-order valence-corrected chi connectivity index (χ2v) is 11.0. The third kappa shape index (κ3) is 7.05. The molecule has 1 aromatic carbocycles. The van der Waals surface area contributed by atoms with Crippen molar-refractivity contribution in [2.45, 2.75) is 70.4 Å². The molecule has 3 aromatic rings. The molecule has 0 aliphatic carbocycles. The fourth-order valence-electron chi connectivity index (χ4n) is 6.00. The Kier molecular flexibility index (Phi) is 9.51. The van der Waals surface area contributed by atoms with Crippen LogP contribution in [0, 0.1) is 12.7 Å². The number of ether oxygens (including phenoxy) is 2. The normalized spacial score (nSPS) is 17.7. The van der Waals surface area contributed by atoms with Crippen LogP contribution in [-0.2, 0) is 28.8 Å². The zero-order valence-electron chi connectivity index (χ0n) is 23.8. The molecule has 0 spiro atoms. The van der Waals surface area contributed by atoms with Gasteiger partial charge in [-0.3, -0.25) is 9.69 Å². The number of halogens is 1. The number of hydrogen-bond acceptors (Lipinski definition) is 8. The lowest BCUT2D eigenvalue weighted by Gasteiger charge is -2.26. The Balaban J connectivity index is 1.12. The van der Waals surface area contributed by atoms with E-state index in [0.717, 1.165) is 63.0 Å². The highest BCUT2D eigenvalue weighted by Gasteiger charge is 2.36. The van der Waals surface area contributed by atoms with Gasteiger partial charge in [-0.15, -0.1) is 0 Å². The summed E-state index contributed by atoms with van der Waals surface area (Å²) in [5, 5.41) is 13.6. The number of rotatable bonds is 13. The number of oxazole rings is 1. The number of aliphatic carboxylic acids is 1. The summed E-state index contributed by atoms with van der Waals surface area (Å²) in [7, 11) is 1.35. The quantitative estimate of drug-likeness (QED) is 0.273. The number of pyridine rings is 1. The smallest absolute Gasteiger partial charge is 0.325 e. The Hall–Kier alpha value is -3.50. The number of methoxy groups -OCH3 is 1. The molecule has 2 aliphatic rings. The summed E-state index contributed by atoms with van der Waals surface area (Å²) in [6, 6.07) is 4.20. The molecule has 2 atom stereocenters. The first-order valence-corrected chi connectivity index (χ1v) is 14.5. The first-order valence-electron chi connectivity index (χ1n) is 14.5. The number of carboxylic acids is 1. The second-order valence-electron chi connectivity index (χ2n) is 11.0. The zero-order valence-corrected chi connectivity index (χ0v) is 23.8. The number of unbranched alkanes of at least 4 members (excludes halogenated alkanes) is 2. The number of nitrogens with one attached hydrogen (secondary N) is 1. The molecule has 0 amide bonds. The van der Waals surface area contributed by atoms with E-state index in [0.29, 0.717) is 37.4 Å². The van der Waals surface area contributed by atoms with Crippen molar-refractivity contribution in [3.05, 3.63) is 70.3 Å². The maximum absolute atomic E-state index is 15.0. The fourth-order valence-corrected chi connectivity index (χ4v) is 6.00. The van der Waals surface area contributed by atoms with Crippen molar-refractivity contribution in [2.75, 3.05) is 38.7 Å². The molecule has 0 bridgehead atoms. The monoisotopic (exact) mass is 566 g/mol. The molecule has 9 nitrogen and oxygen atoms in total. The van der Waals surface area contributed by atoms with Crippen molar-refractivity contribution in [2.24, 2.45) is 0 Å². The molecule has 2 N–H and O–H groups in total. The third-order valence-electron chi connectivity index (χ3n) is 8.00. The summed E-state index contributed by atoms with van der Waals surface area (Å²) in [5.74, 6) is -0.0892. The van der Waals surface area contributed by atoms with Crippen molar-refractivity contribution in [1.29, 1.82) is 0 Å². The van der Waals surface area contributed by atoms with Crippen molar-refractivity contribution in [3.63, 3.8) is 0 Å². The molecule has 0 saturated carbocycles. The van der Waals surface area contributed by atoms with Crippen molar-refractivity contribution >= 4 is 11.8 Å². The first-order chi connectivity index (χ1) is 19.9. The minimum Gasteiger partial charge on any atom is -0.493 e. The van der Waals surface area contributed by atoms with Crippen LogP contribution in [0.5, 0.6) is 5.75 Å². The van der Waals surface area contributed by atoms with Gasteiger partial charge in [0.05, 0.1) is 19.4 Å². The molecule has 1 fully saturated rings. The van der Waals surface area contributed by atoms with E-state index in [-0.39, 0.29) is 17.4 Å². The zero-order chi connectivity index (χ0) is 28.8. The van der Waals surface area contributed by atoms with Crippen LogP contribution in [0.1, 0.15) is 71.9 Å². The number of fused-ring (bicyclic) bond motifs is 1. The third-order valence-corrected chi connectivity index (χ3v) is 8.00. The van der Waals surface area contributed by atoms with Crippen LogP contribution in [0.2, 0.25) is 0 Å². The van der Waals surface area contributed by atoms with Crippen molar-refractivity contribution in [1.82, 2.24) is 14.9 Å². The van der Waals surface area contributed by atoms with E-state index < -0.39 is 17.8 Å². The van der Waals surface area contributed by atoms with E-state index in [1.54, 1.807) is 12.3 Å². The number of carboxylic acid groups (broad SMARTS) is 1. The van der Waals surface area contributed by atoms with Gasteiger partial charge in [-0.25, -0.2) is 14.4 Å². The summed E-state index contributed by atoms with van der Waals surface area (Å²) in [4.78, 5) is 23.0. The Morgan fingerprint density at radius 2 is 2.17 bits per heavy atom. The van der Waals surface area contributed by atoms with Gasteiger partial charge in [0.1, 0.15) is 17.6 Å². The number of aryl methyl sites for hydroxylation is 2. The minimum absolute atomic E-state index is 0.0533. The number of carbonyl (C=O) groups is 1. The Labute approximate surface area is 240 Å². The summed E-state index contributed by atoms with van der Waals surface area (Å²) in [5.41, 5.74) is 4.70. The van der Waals surface area contributed by atoms with E-state index >= 15 is 0 Å². The highest BCUT2D eigenvalue weighted by molar-refractivity contribution is 5.77. The molecule has 5 rings (SSSR count). The lowest BCUT2D eigenvalue weighted by molar-refractivity contribution is -0.143. The van der Waals surface area contributed by atoms with Gasteiger partial charge in [0.15, 0.2) is 18.0 Å². The van der Waals surface area contributed by atoms with E-state index in [1.165, 1.54) is 30.7 Å². The molecule has 4 heterocycles. The molecule has 0 radical (unpaired) electrons. The lowest BCUT2D eigenvalue weighted by Crippen LogP contribution is -2.34. The average Bonchev–Trinajstić information content (AvgIpc) is 3.63. The summed E-state index contributed by atoms with van der Waals surface area (Å²) in [6.07, 6.45) is 10.0. The predicted octanol–water partition coefficient (Wildman–Crippen LogP) is 5.10. The van der Waals surface area contributed by atoms with Crippen LogP contribution in [0.3, 0.4) is 0 Å². The largest absolute Gasteiger partial charge is 0.493 e. The maximum atomic E-state index is 15.0. The van der Waals surface area contributed by atoms with Crippen LogP contribution in [-0.4, -0.2) is 65.4 Å². The molecule has 41 heavy (non-hydrogen) atoms. The Morgan fingerprint density at radius 3 is 2.95 bits per heavy atom. The van der Waals surface area contributed by atoms with E-state index in [4.69, 9.17) is 18.9 Å². The van der Waals surface area contributed by atoms with Crippen molar-refractivity contribution in [3.8, 4) is 5.75 Å². The van der Waals surface area contributed by atoms with Gasteiger partial charge in [0, 0.05) is 43.9 Å². The second kappa shape index (κ2) is 13.4. The molecule has 0 unspecified atom stereocenters. The van der Waals surface area contributed by atoms with Crippen LogP contribution >= 0.6 is 0 Å². The van der Waals surface area contributed by atoms with Crippen LogP contribution in [0.15, 0.2) is 35.2 Å². The van der Waals surface area contributed by atoms with Gasteiger partial charge in [-0.1, -0.05) is 6.42 Å². The number of hydrogen-bond donors (Lipinski definition) is 2. The standard InChI is InChI=1S/C31H39FN4O5/c1-20-13-22(35-30-25(20)8-6-10-34-30)7-4-3-5-12-40-23-9-11-36(18-23)28(31(37)38)26-15-21(14-24-17-33-19-41-24)16-27(32)29(26)39-2/h13,15-17,19,23,28H,3-12,14,18H2,1-2H3,(H,34,35)(H,37,38)/t23-,28-/m1/s1. The van der Waals surface area contributed by atoms with E-state index in [9.17, 15) is 14.3 Å².